The number of alkyl halides is 3. The molecule has 0 radical (unpaired) electrons. The lowest BCUT2D eigenvalue weighted by atomic mass is 9.89. The molecule has 1 amide bonds. The molecule has 13 heteroatoms. The van der Waals surface area contributed by atoms with Crippen LogP contribution in [0.5, 0.6) is 5.75 Å². The molecular weight excluding hydrogens is 673 g/mol. The van der Waals surface area contributed by atoms with E-state index in [0.717, 1.165) is 16.3 Å². The summed E-state index contributed by atoms with van der Waals surface area (Å²) in [6.07, 6.45) is -1.26. The smallest absolute Gasteiger partial charge is 0.416 e. The van der Waals surface area contributed by atoms with Crippen molar-refractivity contribution in [1.82, 2.24) is 14.8 Å². The summed E-state index contributed by atoms with van der Waals surface area (Å²) >= 11 is 0. The van der Waals surface area contributed by atoms with Crippen LogP contribution in [0, 0.1) is 25.5 Å². The van der Waals surface area contributed by atoms with Gasteiger partial charge in [-0.2, -0.15) is 13.2 Å². The third kappa shape index (κ3) is 8.80. The SMILES string of the molecule is Cc1cc(C)c2c(c1)OCCCCCC[C@H](n1cc(CCN(C)C)c(C(F)(F)F)cc1=O)C(=O)N[C@@H](CC(=O)O)c1c(F)c-2cc(C2CC2)c1F. The number of carbonyl (C=O) groups is 2. The van der Waals surface area contributed by atoms with E-state index in [0.29, 0.717) is 61.5 Å². The van der Waals surface area contributed by atoms with Crippen molar-refractivity contribution in [2.45, 2.75) is 95.8 Å². The monoisotopic (exact) mass is 717 g/mol. The molecule has 5 rings (SSSR count). The van der Waals surface area contributed by atoms with Gasteiger partial charge in [-0.15, -0.1) is 0 Å². The number of halogens is 5. The molecule has 3 aromatic rings. The number of aryl methyl sites for hydroxylation is 2. The molecule has 276 valence electrons. The lowest BCUT2D eigenvalue weighted by Gasteiger charge is -2.27. The van der Waals surface area contributed by atoms with Crippen molar-refractivity contribution in [3.63, 3.8) is 0 Å². The van der Waals surface area contributed by atoms with E-state index in [1.165, 1.54) is 6.07 Å². The van der Waals surface area contributed by atoms with Crippen molar-refractivity contribution >= 4 is 11.9 Å². The second-order valence-electron chi connectivity index (χ2n) is 14.0. The maximum absolute atomic E-state index is 16.9. The van der Waals surface area contributed by atoms with Crippen LogP contribution in [0.25, 0.3) is 11.1 Å². The van der Waals surface area contributed by atoms with Gasteiger partial charge in [0, 0.05) is 35.5 Å². The highest BCUT2D eigenvalue weighted by Gasteiger charge is 2.38. The number of nitrogens with one attached hydrogen (secondary N) is 1. The van der Waals surface area contributed by atoms with Gasteiger partial charge in [-0.05, 0) is 100 Å². The van der Waals surface area contributed by atoms with Crippen LogP contribution in [0.4, 0.5) is 22.0 Å². The van der Waals surface area contributed by atoms with Crippen molar-refractivity contribution in [3.05, 3.63) is 85.8 Å². The van der Waals surface area contributed by atoms with Gasteiger partial charge in [-0.1, -0.05) is 25.3 Å². The number of aromatic nitrogens is 1. The average molecular weight is 718 g/mol. The van der Waals surface area contributed by atoms with Crippen LogP contribution in [0.2, 0.25) is 0 Å². The number of amides is 1. The number of rotatable bonds is 7. The number of benzene rings is 2. The summed E-state index contributed by atoms with van der Waals surface area (Å²) < 4.78 is 82.6. The molecule has 1 fully saturated rings. The van der Waals surface area contributed by atoms with Gasteiger partial charge in [0.1, 0.15) is 23.4 Å². The standard InChI is InChI=1S/C38H44F5N3O5/c1-21-15-22(2)33-26-17-25(23-10-11-23)35(39)34(36(26)40)28(19-32(48)49)44-37(50)29(9-7-5-6-8-14-51-30(33)16-21)46-20-24(12-13-45(3)4)27(18-31(46)47)38(41,42)43/h15-18,20,23,28-29H,5-14,19H2,1-4H3,(H,44,50)(H,48,49)/t28-,29-/m0/s1. The zero-order chi connectivity index (χ0) is 37.2. The van der Waals surface area contributed by atoms with E-state index in [-0.39, 0.29) is 48.6 Å². The highest BCUT2D eigenvalue weighted by molar-refractivity contribution is 5.82. The molecular formula is C38H44F5N3O5. The first-order chi connectivity index (χ1) is 24.1. The number of ether oxygens (including phenoxy) is 1. The molecule has 1 saturated carbocycles. The van der Waals surface area contributed by atoms with E-state index < -0.39 is 64.9 Å². The van der Waals surface area contributed by atoms with Crippen molar-refractivity contribution < 1.29 is 41.4 Å². The van der Waals surface area contributed by atoms with E-state index in [2.05, 4.69) is 5.32 Å². The number of hydrogen-bond donors (Lipinski definition) is 2. The Balaban J connectivity index is 1.68. The lowest BCUT2D eigenvalue weighted by molar-refractivity contribution is -0.139. The molecule has 1 aliphatic heterocycles. The topological polar surface area (TPSA) is 101 Å². The van der Waals surface area contributed by atoms with Crippen LogP contribution in [-0.4, -0.2) is 53.7 Å². The zero-order valence-corrected chi connectivity index (χ0v) is 29.3. The molecule has 1 aromatic heterocycles. The van der Waals surface area contributed by atoms with E-state index >= 15 is 8.78 Å². The summed E-state index contributed by atoms with van der Waals surface area (Å²) in [5.41, 5.74) is -0.878. The summed E-state index contributed by atoms with van der Waals surface area (Å²) in [6.45, 7) is 4.16. The van der Waals surface area contributed by atoms with Crippen molar-refractivity contribution in [2.75, 3.05) is 27.2 Å². The Kier molecular flexibility index (Phi) is 11.6. The number of carboxylic acid groups (broad SMARTS) is 1. The molecule has 2 bridgehead atoms. The van der Waals surface area contributed by atoms with Gasteiger partial charge in [0.2, 0.25) is 5.91 Å². The minimum atomic E-state index is -4.83. The van der Waals surface area contributed by atoms with Gasteiger partial charge in [0.05, 0.1) is 24.6 Å². The fraction of sp³-hybridized carbons (Fsp3) is 0.500. The van der Waals surface area contributed by atoms with Crippen LogP contribution in [-0.2, 0) is 22.2 Å². The number of carboxylic acids is 1. The maximum Gasteiger partial charge on any atom is 0.416 e. The van der Waals surface area contributed by atoms with Gasteiger partial charge in [0.15, 0.2) is 0 Å². The van der Waals surface area contributed by atoms with Gasteiger partial charge in [-0.25, -0.2) is 8.78 Å². The number of carbonyl (C=O) groups excluding carboxylic acids is 1. The summed E-state index contributed by atoms with van der Waals surface area (Å²) in [7, 11) is 3.38. The molecule has 2 aromatic carbocycles. The summed E-state index contributed by atoms with van der Waals surface area (Å²) in [4.78, 5) is 41.4. The first-order valence-electron chi connectivity index (χ1n) is 17.3. The molecule has 0 spiro atoms. The van der Waals surface area contributed by atoms with E-state index in [9.17, 15) is 32.7 Å². The largest absolute Gasteiger partial charge is 0.493 e. The Morgan fingerprint density at radius 1 is 1.00 bits per heavy atom. The van der Waals surface area contributed by atoms with E-state index in [4.69, 9.17) is 4.74 Å². The Hall–Kier alpha value is -4.26. The predicted octanol–water partition coefficient (Wildman–Crippen LogP) is 7.63. The molecule has 1 aliphatic carbocycles. The maximum atomic E-state index is 16.9. The van der Waals surface area contributed by atoms with Crippen LogP contribution in [0.1, 0.15) is 103 Å². The highest BCUT2D eigenvalue weighted by atomic mass is 19.4. The number of hydrogen-bond acceptors (Lipinski definition) is 5. The van der Waals surface area contributed by atoms with Crippen LogP contribution < -0.4 is 15.6 Å². The molecule has 8 nitrogen and oxygen atoms in total. The molecule has 2 aliphatic rings. The number of likely N-dealkylation sites (N-methyl/N-ethyl adjacent to an activating group) is 1. The summed E-state index contributed by atoms with van der Waals surface area (Å²) in [5.74, 6) is -4.22. The minimum absolute atomic E-state index is 0.00439. The first kappa shape index (κ1) is 38.0. The third-order valence-corrected chi connectivity index (χ3v) is 9.60. The van der Waals surface area contributed by atoms with Gasteiger partial charge >= 0.3 is 12.1 Å². The second-order valence-corrected chi connectivity index (χ2v) is 14.0. The fourth-order valence-corrected chi connectivity index (χ4v) is 6.93. The Labute approximate surface area is 293 Å². The van der Waals surface area contributed by atoms with E-state index in [1.807, 2.05) is 13.0 Å². The summed E-state index contributed by atoms with van der Waals surface area (Å²) in [6, 6.07) is 2.43. The number of fused-ring (bicyclic) bond motifs is 4. The minimum Gasteiger partial charge on any atom is -0.493 e. The van der Waals surface area contributed by atoms with Gasteiger partial charge in [-0.3, -0.25) is 14.4 Å². The average Bonchev–Trinajstić information content (AvgIpc) is 3.87. The van der Waals surface area contributed by atoms with Crippen molar-refractivity contribution in [3.8, 4) is 16.9 Å². The van der Waals surface area contributed by atoms with Crippen LogP contribution in [0.3, 0.4) is 0 Å². The van der Waals surface area contributed by atoms with Crippen LogP contribution in [0.15, 0.2) is 35.3 Å². The number of nitrogens with zero attached hydrogens (tertiary/aromatic N) is 2. The normalized spacial score (nSPS) is 19.0. The number of pyridine rings is 1. The van der Waals surface area contributed by atoms with Crippen molar-refractivity contribution in [2.24, 2.45) is 0 Å². The Bertz CT molecular complexity index is 1850. The summed E-state index contributed by atoms with van der Waals surface area (Å²) in [5, 5.41) is 12.4. The van der Waals surface area contributed by atoms with E-state index in [1.54, 1.807) is 32.0 Å². The van der Waals surface area contributed by atoms with Crippen molar-refractivity contribution in [1.29, 1.82) is 0 Å². The zero-order valence-electron chi connectivity index (χ0n) is 29.3. The molecule has 2 N–H and O–H groups in total. The van der Waals surface area contributed by atoms with Gasteiger partial charge in [0.25, 0.3) is 5.56 Å². The fourth-order valence-electron chi connectivity index (χ4n) is 6.93. The lowest BCUT2D eigenvalue weighted by Crippen LogP contribution is -2.40. The molecule has 2 heterocycles. The number of aliphatic carboxylic acids is 1. The van der Waals surface area contributed by atoms with Crippen LogP contribution >= 0.6 is 0 Å². The first-order valence-corrected chi connectivity index (χ1v) is 17.3. The van der Waals surface area contributed by atoms with Gasteiger partial charge < -0.3 is 24.6 Å². The quantitative estimate of drug-likeness (QED) is 0.244. The molecule has 0 unspecified atom stereocenters. The Morgan fingerprint density at radius 2 is 1.71 bits per heavy atom. The Morgan fingerprint density at radius 3 is 2.35 bits per heavy atom. The predicted molar refractivity (Wildman–Crippen MR) is 182 cm³/mol. The third-order valence-electron chi connectivity index (χ3n) is 9.60. The highest BCUT2D eigenvalue weighted by Crippen LogP contribution is 2.47. The molecule has 51 heavy (non-hydrogen) atoms. The molecule has 0 saturated heterocycles. The second kappa shape index (κ2) is 15.5. The molecule has 2 atom stereocenters.